The van der Waals surface area contributed by atoms with E-state index in [0.29, 0.717) is 6.04 Å². The molecule has 1 atom stereocenters. The van der Waals surface area contributed by atoms with Crippen LogP contribution in [0.4, 0.5) is 0 Å². The molecule has 0 spiro atoms. The first-order valence-electron chi connectivity index (χ1n) is 7.78. The van der Waals surface area contributed by atoms with Gasteiger partial charge in [0.2, 0.25) is 0 Å². The Morgan fingerprint density at radius 2 is 2.20 bits per heavy atom. The monoisotopic (exact) mass is 276 g/mol. The van der Waals surface area contributed by atoms with Crippen molar-refractivity contribution in [3.63, 3.8) is 0 Å². The quantitative estimate of drug-likeness (QED) is 0.864. The van der Waals surface area contributed by atoms with Crippen LogP contribution in [0.15, 0.2) is 18.2 Å². The summed E-state index contributed by atoms with van der Waals surface area (Å²) in [5.41, 5.74) is 2.54. The van der Waals surface area contributed by atoms with Gasteiger partial charge in [-0.2, -0.15) is 0 Å². The lowest BCUT2D eigenvalue weighted by Crippen LogP contribution is -2.37. The lowest BCUT2D eigenvalue weighted by Gasteiger charge is -2.32. The molecular weight excluding hydrogens is 248 g/mol. The fraction of sp³-hybridized carbons (Fsp3) is 0.647. The van der Waals surface area contributed by atoms with E-state index in [0.717, 1.165) is 25.3 Å². The number of aryl methyl sites for hydroxylation is 1. The number of piperidine rings is 1. The van der Waals surface area contributed by atoms with Gasteiger partial charge in [0.15, 0.2) is 0 Å². The second kappa shape index (κ2) is 7.65. The standard InChI is InChI=1S/C17H28N2O/c1-14-7-8-17(15(12-14)13-18-2)20-11-9-16-6-4-5-10-19(16)3/h7-8,12,16,18H,4-6,9-11,13H2,1-3H3. The molecule has 3 heteroatoms. The third-order valence-corrected chi connectivity index (χ3v) is 4.21. The zero-order valence-corrected chi connectivity index (χ0v) is 13.1. The molecule has 1 N–H and O–H groups in total. The van der Waals surface area contributed by atoms with Gasteiger partial charge in [-0.3, -0.25) is 0 Å². The largest absolute Gasteiger partial charge is 0.493 e. The normalized spacial score (nSPS) is 20.1. The van der Waals surface area contributed by atoms with Crippen molar-refractivity contribution in [1.82, 2.24) is 10.2 Å². The van der Waals surface area contributed by atoms with Crippen molar-refractivity contribution in [3.05, 3.63) is 29.3 Å². The van der Waals surface area contributed by atoms with Crippen molar-refractivity contribution in [2.24, 2.45) is 0 Å². The van der Waals surface area contributed by atoms with E-state index in [1.54, 1.807) is 0 Å². The van der Waals surface area contributed by atoms with Crippen molar-refractivity contribution < 1.29 is 4.74 Å². The molecule has 0 radical (unpaired) electrons. The summed E-state index contributed by atoms with van der Waals surface area (Å²) in [5, 5.41) is 3.21. The summed E-state index contributed by atoms with van der Waals surface area (Å²) in [4.78, 5) is 2.48. The second-order valence-corrected chi connectivity index (χ2v) is 5.91. The van der Waals surface area contributed by atoms with Crippen LogP contribution in [0.2, 0.25) is 0 Å². The van der Waals surface area contributed by atoms with Gasteiger partial charge in [-0.05, 0) is 52.9 Å². The summed E-state index contributed by atoms with van der Waals surface area (Å²) in [7, 11) is 4.21. The maximum atomic E-state index is 6.03. The van der Waals surface area contributed by atoms with Crippen LogP contribution in [-0.4, -0.2) is 38.2 Å². The molecule has 1 heterocycles. The van der Waals surface area contributed by atoms with E-state index in [1.807, 2.05) is 7.05 Å². The molecule has 112 valence electrons. The molecule has 20 heavy (non-hydrogen) atoms. The smallest absolute Gasteiger partial charge is 0.123 e. The molecule has 0 bridgehead atoms. The predicted octanol–water partition coefficient (Wildman–Crippen LogP) is 2.97. The molecule has 0 saturated carbocycles. The molecule has 2 rings (SSSR count). The van der Waals surface area contributed by atoms with Crippen LogP contribution in [0.1, 0.15) is 36.8 Å². The minimum Gasteiger partial charge on any atom is -0.493 e. The number of likely N-dealkylation sites (tertiary alicyclic amines) is 1. The Balaban J connectivity index is 1.87. The first-order valence-corrected chi connectivity index (χ1v) is 7.78. The summed E-state index contributed by atoms with van der Waals surface area (Å²) >= 11 is 0. The van der Waals surface area contributed by atoms with Gasteiger partial charge in [0, 0.05) is 18.2 Å². The minimum atomic E-state index is 0.696. The summed E-state index contributed by atoms with van der Waals surface area (Å²) < 4.78 is 6.03. The molecule has 1 unspecified atom stereocenters. The predicted molar refractivity (Wildman–Crippen MR) is 84.3 cm³/mol. The van der Waals surface area contributed by atoms with Crippen molar-refractivity contribution in [2.45, 2.75) is 45.2 Å². The van der Waals surface area contributed by atoms with Gasteiger partial charge in [-0.1, -0.05) is 24.1 Å². The lowest BCUT2D eigenvalue weighted by atomic mass is 10.0. The minimum absolute atomic E-state index is 0.696. The molecule has 3 nitrogen and oxygen atoms in total. The Hall–Kier alpha value is -1.06. The molecule has 1 aliphatic heterocycles. The molecule has 1 saturated heterocycles. The third kappa shape index (κ3) is 4.22. The number of hydrogen-bond acceptors (Lipinski definition) is 3. The average molecular weight is 276 g/mol. The fourth-order valence-corrected chi connectivity index (χ4v) is 2.99. The van der Waals surface area contributed by atoms with Gasteiger partial charge >= 0.3 is 0 Å². The number of benzene rings is 1. The van der Waals surface area contributed by atoms with E-state index in [1.165, 1.54) is 36.9 Å². The molecule has 0 aliphatic carbocycles. The Kier molecular flexibility index (Phi) is 5.86. The summed E-state index contributed by atoms with van der Waals surface area (Å²) in [6.45, 7) is 5.04. The Bertz CT molecular complexity index is 419. The topological polar surface area (TPSA) is 24.5 Å². The zero-order valence-electron chi connectivity index (χ0n) is 13.1. The maximum absolute atomic E-state index is 6.03. The maximum Gasteiger partial charge on any atom is 0.123 e. The van der Waals surface area contributed by atoms with Crippen molar-refractivity contribution >= 4 is 0 Å². The molecule has 1 fully saturated rings. The number of ether oxygens (including phenoxy) is 1. The average Bonchev–Trinajstić information content (AvgIpc) is 2.43. The highest BCUT2D eigenvalue weighted by Gasteiger charge is 2.18. The second-order valence-electron chi connectivity index (χ2n) is 5.91. The van der Waals surface area contributed by atoms with E-state index < -0.39 is 0 Å². The molecular formula is C17H28N2O. The highest BCUT2D eigenvalue weighted by molar-refractivity contribution is 5.36. The summed E-state index contributed by atoms with van der Waals surface area (Å²) in [5.74, 6) is 1.03. The van der Waals surface area contributed by atoms with Gasteiger partial charge < -0.3 is 15.0 Å². The summed E-state index contributed by atoms with van der Waals surface area (Å²) in [6.07, 6.45) is 5.16. The van der Waals surface area contributed by atoms with E-state index >= 15 is 0 Å². The molecule has 0 aromatic heterocycles. The number of hydrogen-bond donors (Lipinski definition) is 1. The Morgan fingerprint density at radius 3 is 2.95 bits per heavy atom. The Labute approximate surface area is 123 Å². The first-order chi connectivity index (χ1) is 9.70. The van der Waals surface area contributed by atoms with Crippen LogP contribution in [0, 0.1) is 6.92 Å². The highest BCUT2D eigenvalue weighted by Crippen LogP contribution is 2.22. The van der Waals surface area contributed by atoms with Crippen LogP contribution in [0.5, 0.6) is 5.75 Å². The van der Waals surface area contributed by atoms with Crippen LogP contribution >= 0.6 is 0 Å². The summed E-state index contributed by atoms with van der Waals surface area (Å²) in [6, 6.07) is 7.13. The number of nitrogens with one attached hydrogen (secondary N) is 1. The van der Waals surface area contributed by atoms with Gasteiger partial charge in [-0.15, -0.1) is 0 Å². The van der Waals surface area contributed by atoms with E-state index in [9.17, 15) is 0 Å². The van der Waals surface area contributed by atoms with Gasteiger partial charge in [-0.25, -0.2) is 0 Å². The van der Waals surface area contributed by atoms with E-state index in [-0.39, 0.29) is 0 Å². The van der Waals surface area contributed by atoms with E-state index in [2.05, 4.69) is 42.4 Å². The van der Waals surface area contributed by atoms with Crippen LogP contribution in [0.3, 0.4) is 0 Å². The number of nitrogens with zero attached hydrogens (tertiary/aromatic N) is 1. The van der Waals surface area contributed by atoms with E-state index in [4.69, 9.17) is 4.74 Å². The first kappa shape index (κ1) is 15.3. The van der Waals surface area contributed by atoms with Crippen LogP contribution < -0.4 is 10.1 Å². The highest BCUT2D eigenvalue weighted by atomic mass is 16.5. The molecule has 1 aromatic carbocycles. The Morgan fingerprint density at radius 1 is 1.35 bits per heavy atom. The SMILES string of the molecule is CNCc1cc(C)ccc1OCCC1CCCCN1C. The molecule has 1 aliphatic rings. The van der Waals surface area contributed by atoms with Gasteiger partial charge in [0.25, 0.3) is 0 Å². The van der Waals surface area contributed by atoms with Crippen molar-refractivity contribution in [3.8, 4) is 5.75 Å². The zero-order chi connectivity index (χ0) is 14.4. The molecule has 1 aromatic rings. The lowest BCUT2D eigenvalue weighted by molar-refractivity contribution is 0.153. The van der Waals surface area contributed by atoms with Crippen molar-refractivity contribution in [2.75, 3.05) is 27.2 Å². The van der Waals surface area contributed by atoms with Crippen LogP contribution in [-0.2, 0) is 6.54 Å². The van der Waals surface area contributed by atoms with Gasteiger partial charge in [0.1, 0.15) is 5.75 Å². The van der Waals surface area contributed by atoms with Crippen LogP contribution in [0.25, 0.3) is 0 Å². The third-order valence-electron chi connectivity index (χ3n) is 4.21. The van der Waals surface area contributed by atoms with Gasteiger partial charge in [0.05, 0.1) is 6.61 Å². The van der Waals surface area contributed by atoms with Crippen molar-refractivity contribution in [1.29, 1.82) is 0 Å². The fourth-order valence-electron chi connectivity index (χ4n) is 2.99. The number of rotatable bonds is 6. The molecule has 0 amide bonds.